The highest BCUT2D eigenvalue weighted by Crippen LogP contribution is 2.23. The van der Waals surface area contributed by atoms with E-state index in [0.717, 1.165) is 32.5 Å². The lowest BCUT2D eigenvalue weighted by atomic mass is 9.99. The molecule has 2 aromatic rings. The lowest BCUT2D eigenvalue weighted by molar-refractivity contribution is 0.499. The highest BCUT2D eigenvalue weighted by molar-refractivity contribution is 5.31. The molecule has 2 N–H and O–H groups in total. The van der Waals surface area contributed by atoms with Crippen LogP contribution in [0.1, 0.15) is 34.7 Å². The van der Waals surface area contributed by atoms with Gasteiger partial charge in [0.25, 0.3) is 0 Å². The van der Waals surface area contributed by atoms with Crippen LogP contribution in [0.25, 0.3) is 0 Å². The van der Waals surface area contributed by atoms with Crippen molar-refractivity contribution in [2.24, 2.45) is 0 Å². The lowest BCUT2D eigenvalue weighted by Crippen LogP contribution is -2.25. The largest absolute Gasteiger partial charge is 0.313 e. The van der Waals surface area contributed by atoms with Crippen LogP contribution in [0.5, 0.6) is 0 Å². The molecule has 0 saturated carbocycles. The number of benzene rings is 2. The van der Waals surface area contributed by atoms with Gasteiger partial charge in [0.1, 0.15) is 0 Å². The van der Waals surface area contributed by atoms with E-state index < -0.39 is 0 Å². The van der Waals surface area contributed by atoms with Gasteiger partial charge in [-0.25, -0.2) is 0 Å². The van der Waals surface area contributed by atoms with Gasteiger partial charge >= 0.3 is 0 Å². The van der Waals surface area contributed by atoms with Gasteiger partial charge in [-0.2, -0.15) is 0 Å². The second kappa shape index (κ2) is 6.88. The number of nitrogens with one attached hydrogen (secondary N) is 2. The number of aryl methyl sites for hydroxylation is 1. The molecule has 0 amide bonds. The second-order valence-corrected chi connectivity index (χ2v) is 5.85. The predicted molar refractivity (Wildman–Crippen MR) is 88.4 cm³/mol. The molecule has 0 radical (unpaired) electrons. The zero-order chi connectivity index (χ0) is 14.5. The molecule has 110 valence electrons. The molecule has 0 aromatic heterocycles. The molecule has 1 aliphatic heterocycles. The summed E-state index contributed by atoms with van der Waals surface area (Å²) < 4.78 is 0. The van der Waals surface area contributed by atoms with E-state index in [2.05, 4.69) is 66.1 Å². The van der Waals surface area contributed by atoms with Crippen molar-refractivity contribution in [3.05, 3.63) is 70.8 Å². The first kappa shape index (κ1) is 14.3. The van der Waals surface area contributed by atoms with Gasteiger partial charge in [-0.15, -0.1) is 0 Å². The van der Waals surface area contributed by atoms with Crippen LogP contribution in [0.15, 0.2) is 48.5 Å². The summed E-state index contributed by atoms with van der Waals surface area (Å²) in [6.07, 6.45) is 2.25. The van der Waals surface area contributed by atoms with E-state index in [1.165, 1.54) is 22.3 Å². The Morgan fingerprint density at radius 3 is 2.81 bits per heavy atom. The van der Waals surface area contributed by atoms with Crippen molar-refractivity contribution >= 4 is 0 Å². The average molecular weight is 280 g/mol. The maximum atomic E-state index is 3.75. The van der Waals surface area contributed by atoms with Gasteiger partial charge in [-0.05, 0) is 55.1 Å². The van der Waals surface area contributed by atoms with Gasteiger partial charge in [0.2, 0.25) is 0 Å². The third-order valence-electron chi connectivity index (χ3n) is 4.40. The molecule has 1 unspecified atom stereocenters. The minimum absolute atomic E-state index is 0.472. The first-order valence-electron chi connectivity index (χ1n) is 7.91. The van der Waals surface area contributed by atoms with Gasteiger partial charge in [0.05, 0.1) is 0 Å². The second-order valence-electron chi connectivity index (χ2n) is 5.85. The van der Waals surface area contributed by atoms with Crippen LogP contribution in [0.2, 0.25) is 0 Å². The SMILES string of the molecule is Cc1ccccc1CCNC1CCNCc2ccccc21. The van der Waals surface area contributed by atoms with Gasteiger partial charge in [0.15, 0.2) is 0 Å². The van der Waals surface area contributed by atoms with Gasteiger partial charge in [0, 0.05) is 12.6 Å². The molecule has 0 aliphatic carbocycles. The van der Waals surface area contributed by atoms with Gasteiger partial charge in [-0.3, -0.25) is 0 Å². The maximum absolute atomic E-state index is 3.75. The van der Waals surface area contributed by atoms with E-state index in [4.69, 9.17) is 0 Å². The van der Waals surface area contributed by atoms with Crippen LogP contribution in [0, 0.1) is 6.92 Å². The predicted octanol–water partition coefficient (Wildman–Crippen LogP) is 3.36. The highest BCUT2D eigenvalue weighted by atomic mass is 14.9. The highest BCUT2D eigenvalue weighted by Gasteiger charge is 2.17. The molecule has 1 heterocycles. The Kier molecular flexibility index (Phi) is 4.69. The van der Waals surface area contributed by atoms with Gasteiger partial charge in [-0.1, -0.05) is 48.5 Å². The smallest absolute Gasteiger partial charge is 0.0335 e. The summed E-state index contributed by atoms with van der Waals surface area (Å²) >= 11 is 0. The molecule has 21 heavy (non-hydrogen) atoms. The van der Waals surface area contributed by atoms with E-state index >= 15 is 0 Å². The van der Waals surface area contributed by atoms with Crippen LogP contribution in [-0.2, 0) is 13.0 Å². The standard InChI is InChI=1S/C19H24N2/c1-15-6-2-3-7-16(15)10-13-21-19-11-12-20-14-17-8-4-5-9-18(17)19/h2-9,19-21H,10-14H2,1H3. The quantitative estimate of drug-likeness (QED) is 0.897. The Balaban J connectivity index is 1.64. The molecule has 2 nitrogen and oxygen atoms in total. The number of rotatable bonds is 4. The monoisotopic (exact) mass is 280 g/mol. The zero-order valence-electron chi connectivity index (χ0n) is 12.7. The Labute approximate surface area is 127 Å². The molecule has 0 bridgehead atoms. The van der Waals surface area contributed by atoms with Gasteiger partial charge < -0.3 is 10.6 Å². The zero-order valence-corrected chi connectivity index (χ0v) is 12.7. The van der Waals surface area contributed by atoms with E-state index in [9.17, 15) is 0 Å². The average Bonchev–Trinajstić information content (AvgIpc) is 2.72. The van der Waals surface area contributed by atoms with Crippen LogP contribution in [0.4, 0.5) is 0 Å². The number of fused-ring (bicyclic) bond motifs is 1. The van der Waals surface area contributed by atoms with Crippen molar-refractivity contribution in [2.75, 3.05) is 13.1 Å². The van der Waals surface area contributed by atoms with Crippen molar-refractivity contribution in [2.45, 2.75) is 32.4 Å². The topological polar surface area (TPSA) is 24.1 Å². The van der Waals surface area contributed by atoms with Crippen LogP contribution < -0.4 is 10.6 Å². The van der Waals surface area contributed by atoms with Crippen molar-refractivity contribution < 1.29 is 0 Å². The molecular formula is C19H24N2. The number of hydrogen-bond acceptors (Lipinski definition) is 2. The summed E-state index contributed by atoms with van der Waals surface area (Å²) in [4.78, 5) is 0. The Morgan fingerprint density at radius 2 is 1.90 bits per heavy atom. The van der Waals surface area contributed by atoms with E-state index in [-0.39, 0.29) is 0 Å². The van der Waals surface area contributed by atoms with Crippen molar-refractivity contribution in [1.82, 2.24) is 10.6 Å². The summed E-state index contributed by atoms with van der Waals surface area (Å²) in [6, 6.07) is 17.9. The molecule has 2 heteroatoms. The summed E-state index contributed by atoms with van der Waals surface area (Å²) in [5.74, 6) is 0. The minimum Gasteiger partial charge on any atom is -0.313 e. The Hall–Kier alpha value is -1.64. The lowest BCUT2D eigenvalue weighted by Gasteiger charge is -2.19. The summed E-state index contributed by atoms with van der Waals surface area (Å²) in [5.41, 5.74) is 5.74. The molecule has 1 aliphatic rings. The third kappa shape index (κ3) is 3.52. The fourth-order valence-electron chi connectivity index (χ4n) is 3.14. The minimum atomic E-state index is 0.472. The summed E-state index contributed by atoms with van der Waals surface area (Å²) in [5, 5.41) is 7.26. The molecule has 0 saturated heterocycles. The third-order valence-corrected chi connectivity index (χ3v) is 4.40. The van der Waals surface area contributed by atoms with Crippen molar-refractivity contribution in [3.8, 4) is 0 Å². The van der Waals surface area contributed by atoms with E-state index in [1.807, 2.05) is 0 Å². The summed E-state index contributed by atoms with van der Waals surface area (Å²) in [6.45, 7) is 5.30. The van der Waals surface area contributed by atoms with Crippen molar-refractivity contribution in [1.29, 1.82) is 0 Å². The maximum Gasteiger partial charge on any atom is 0.0335 e. The molecule has 2 aromatic carbocycles. The van der Waals surface area contributed by atoms with Crippen LogP contribution >= 0.6 is 0 Å². The van der Waals surface area contributed by atoms with Crippen LogP contribution in [-0.4, -0.2) is 13.1 Å². The summed E-state index contributed by atoms with van der Waals surface area (Å²) in [7, 11) is 0. The Morgan fingerprint density at radius 1 is 1.10 bits per heavy atom. The van der Waals surface area contributed by atoms with Crippen LogP contribution in [0.3, 0.4) is 0 Å². The molecule has 3 rings (SSSR count). The van der Waals surface area contributed by atoms with E-state index in [1.54, 1.807) is 0 Å². The fourth-order valence-corrected chi connectivity index (χ4v) is 3.14. The first-order valence-corrected chi connectivity index (χ1v) is 7.91. The number of hydrogen-bond donors (Lipinski definition) is 2. The first-order chi connectivity index (χ1) is 10.3. The molecular weight excluding hydrogens is 256 g/mol. The fraction of sp³-hybridized carbons (Fsp3) is 0.368. The van der Waals surface area contributed by atoms with Crippen molar-refractivity contribution in [3.63, 3.8) is 0 Å². The van der Waals surface area contributed by atoms with E-state index in [0.29, 0.717) is 6.04 Å². The molecule has 0 fully saturated rings. The Bertz CT molecular complexity index is 592. The molecule has 1 atom stereocenters. The normalized spacial score (nSPS) is 18.0. The molecule has 0 spiro atoms.